The Labute approximate surface area is 336 Å². The van der Waals surface area contributed by atoms with E-state index in [-0.39, 0.29) is 0 Å². The van der Waals surface area contributed by atoms with Gasteiger partial charge in [-0.15, -0.1) is 0 Å². The van der Waals surface area contributed by atoms with E-state index in [1.165, 1.54) is 11.8 Å². The molecule has 2 rings (SSSR count). The molecule has 0 radical (unpaired) electrons. The predicted molar refractivity (Wildman–Crippen MR) is 239 cm³/mol. The van der Waals surface area contributed by atoms with E-state index >= 15 is 0 Å². The van der Waals surface area contributed by atoms with Crippen LogP contribution in [0.5, 0.6) is 0 Å². The van der Waals surface area contributed by atoms with Crippen LogP contribution < -0.4 is 0 Å². The van der Waals surface area contributed by atoms with Crippen LogP contribution in [0.15, 0.2) is 185 Å². The molecule has 0 atom stereocenters. The lowest BCUT2D eigenvalue weighted by Gasteiger charge is -1.98. The van der Waals surface area contributed by atoms with Crippen LogP contribution in [0.4, 0.5) is 0 Å². The Bertz CT molecular complexity index is 1290. The molecule has 0 aliphatic heterocycles. The highest BCUT2D eigenvalue weighted by Gasteiger charge is 1.91. The molecule has 0 aliphatic rings. The number of ether oxygens (including phenoxy) is 8. The van der Waals surface area contributed by atoms with Crippen LogP contribution in [0, 0.1) is 0 Å². The van der Waals surface area contributed by atoms with Crippen molar-refractivity contribution >= 4 is 11.6 Å². The Kier molecular flexibility index (Phi) is 66.7. The molecule has 0 aliphatic carbocycles. The second-order valence-electron chi connectivity index (χ2n) is 9.56. The van der Waals surface area contributed by atoms with Crippen LogP contribution in [0.25, 0.3) is 11.6 Å². The molecule has 2 aromatic carbocycles. The molecule has 0 N–H and O–H groups in total. The molecule has 8 nitrogen and oxygen atoms in total. The van der Waals surface area contributed by atoms with Gasteiger partial charge < -0.3 is 37.9 Å². The Morgan fingerprint density at radius 2 is 0.982 bits per heavy atom. The van der Waals surface area contributed by atoms with Gasteiger partial charge in [0.1, 0.15) is 0 Å². The van der Waals surface area contributed by atoms with Crippen molar-refractivity contribution in [1.29, 1.82) is 0 Å². The summed E-state index contributed by atoms with van der Waals surface area (Å²) in [5, 5.41) is 0. The number of rotatable bonds is 13. The van der Waals surface area contributed by atoms with E-state index in [1.807, 2.05) is 107 Å². The molecule has 0 amide bonds. The summed E-state index contributed by atoms with van der Waals surface area (Å²) in [4.78, 5) is 0. The number of benzene rings is 2. The molecule has 0 saturated carbocycles. The van der Waals surface area contributed by atoms with Gasteiger partial charge in [0.2, 0.25) is 0 Å². The number of hydrogen-bond acceptors (Lipinski definition) is 8. The van der Waals surface area contributed by atoms with Crippen LogP contribution in [0.3, 0.4) is 0 Å². The quantitative estimate of drug-likeness (QED) is 0.147. The minimum Gasteiger partial charge on any atom is -0.505 e. The van der Waals surface area contributed by atoms with Crippen LogP contribution in [0.1, 0.15) is 45.7 Å². The van der Waals surface area contributed by atoms with Gasteiger partial charge in [0.05, 0.1) is 106 Å². The van der Waals surface area contributed by atoms with Crippen molar-refractivity contribution in [2.45, 2.75) is 34.6 Å². The molecule has 0 heterocycles. The first kappa shape index (κ1) is 61.0. The standard InChI is InChI=1S/C10H12O.C9H10O.2C6H10O.C5H8O.2C4H8O.C3H6O/c1-9(8-11-2)10-6-4-3-5-7-10;1-10-8-7-9-5-3-2-4-6-9;1-4-6(2)5-7-3;1-3-4-5-6-7-2;1-3-4-5-6-2;1-4(2)5-3;1-3-4-5-2;1-3-4-2/h3-8H,1-2H3;2-8H,1H3;4-5H,1H2,2-3H3;3-6H,1-2H3;3-5H,1H2,2H3;1H2,2-3H3;3-4H,1-2H3;3H,1H2,2H3. The van der Waals surface area contributed by atoms with E-state index in [0.29, 0.717) is 0 Å². The monoisotopic (exact) mass is 765 g/mol. The maximum absolute atomic E-state index is 4.90. The van der Waals surface area contributed by atoms with E-state index in [0.717, 1.165) is 22.5 Å². The van der Waals surface area contributed by atoms with E-state index in [4.69, 9.17) is 9.47 Å². The molecule has 0 spiro atoms. The largest absolute Gasteiger partial charge is 0.505 e. The molecular formula is C47H72O8. The first-order chi connectivity index (χ1) is 26.5. The van der Waals surface area contributed by atoms with Crippen molar-refractivity contribution < 1.29 is 37.9 Å². The van der Waals surface area contributed by atoms with Crippen LogP contribution in [-0.4, -0.2) is 56.9 Å². The maximum Gasteiger partial charge on any atom is 0.0859 e. The summed E-state index contributed by atoms with van der Waals surface area (Å²) in [5.41, 5.74) is 4.55. The average Bonchev–Trinajstić information content (AvgIpc) is 3.22. The van der Waals surface area contributed by atoms with E-state index in [9.17, 15) is 0 Å². The highest BCUT2D eigenvalue weighted by atomic mass is 16.5. The van der Waals surface area contributed by atoms with Crippen molar-refractivity contribution in [3.05, 3.63) is 196 Å². The number of methoxy groups -OCH3 is 8. The van der Waals surface area contributed by atoms with E-state index in [2.05, 4.69) is 66.9 Å². The summed E-state index contributed by atoms with van der Waals surface area (Å²) >= 11 is 0. The Hall–Kier alpha value is -6.02. The lowest BCUT2D eigenvalue weighted by molar-refractivity contribution is 0.295. The third-order valence-corrected chi connectivity index (χ3v) is 5.00. The molecule has 0 fully saturated rings. The molecule has 0 saturated heterocycles. The highest BCUT2D eigenvalue weighted by Crippen LogP contribution is 2.11. The first-order valence-corrected chi connectivity index (χ1v) is 16.9. The third-order valence-electron chi connectivity index (χ3n) is 5.00. The maximum atomic E-state index is 4.90. The van der Waals surface area contributed by atoms with Crippen LogP contribution in [0.2, 0.25) is 0 Å². The minimum atomic E-state index is 0.755. The smallest absolute Gasteiger partial charge is 0.0859 e. The van der Waals surface area contributed by atoms with Gasteiger partial charge >= 0.3 is 0 Å². The fourth-order valence-corrected chi connectivity index (χ4v) is 2.40. The van der Waals surface area contributed by atoms with Gasteiger partial charge in [-0.25, -0.2) is 0 Å². The second-order valence-corrected chi connectivity index (χ2v) is 9.56. The van der Waals surface area contributed by atoms with Crippen molar-refractivity contribution in [3.63, 3.8) is 0 Å². The summed E-state index contributed by atoms with van der Waals surface area (Å²) in [6.07, 6.45) is 25.8. The molecule has 8 heteroatoms. The summed E-state index contributed by atoms with van der Waals surface area (Å²) in [6.45, 7) is 23.3. The highest BCUT2D eigenvalue weighted by molar-refractivity contribution is 5.62. The van der Waals surface area contributed by atoms with Gasteiger partial charge in [0, 0.05) is 0 Å². The zero-order valence-corrected chi connectivity index (χ0v) is 36.0. The summed E-state index contributed by atoms with van der Waals surface area (Å²) < 4.78 is 36.8. The second kappa shape index (κ2) is 60.1. The SMILES string of the molecule is C=C(C)OC.C=CC(C)=COC.C=CC=COC.C=COC.CC=CC=COC.CC=COC.COC=C(C)c1ccccc1.COC=Cc1ccccc1. The number of allylic oxidation sites excluding steroid dienone is 10. The fourth-order valence-electron chi connectivity index (χ4n) is 2.40. The van der Waals surface area contributed by atoms with Gasteiger partial charge in [0.25, 0.3) is 0 Å². The molecule has 55 heavy (non-hydrogen) atoms. The van der Waals surface area contributed by atoms with Crippen LogP contribution in [-0.2, 0) is 37.9 Å². The molecule has 2 aromatic rings. The molecule has 0 unspecified atom stereocenters. The zero-order chi connectivity index (χ0) is 43.2. The summed E-state index contributed by atoms with van der Waals surface area (Å²) in [6, 6.07) is 20.2. The third kappa shape index (κ3) is 70.3. The number of hydrogen-bond donors (Lipinski definition) is 0. The van der Waals surface area contributed by atoms with Gasteiger partial charge in [-0.3, -0.25) is 0 Å². The summed E-state index contributed by atoms with van der Waals surface area (Å²) in [7, 11) is 12.9. The van der Waals surface area contributed by atoms with E-state index in [1.54, 1.807) is 120 Å². The zero-order valence-electron chi connectivity index (χ0n) is 36.0. The molecular weight excluding hydrogens is 693 g/mol. The first-order valence-electron chi connectivity index (χ1n) is 16.9. The fraction of sp³-hybridized carbons (Fsp3) is 0.277. The lowest BCUT2D eigenvalue weighted by atomic mass is 10.1. The minimum absolute atomic E-state index is 0.755. The summed E-state index contributed by atoms with van der Waals surface area (Å²) in [5.74, 6) is 0.755. The van der Waals surface area contributed by atoms with Gasteiger partial charge in [-0.2, -0.15) is 0 Å². The topological polar surface area (TPSA) is 73.8 Å². The molecule has 308 valence electrons. The Morgan fingerprint density at radius 1 is 0.527 bits per heavy atom. The van der Waals surface area contributed by atoms with Gasteiger partial charge in [-0.05, 0) is 75.1 Å². The molecule has 0 bridgehead atoms. The predicted octanol–water partition coefficient (Wildman–Crippen LogP) is 12.9. The average molecular weight is 765 g/mol. The van der Waals surface area contributed by atoms with Crippen molar-refractivity contribution in [2.24, 2.45) is 0 Å². The Balaban J connectivity index is -0.000000128. The van der Waals surface area contributed by atoms with Gasteiger partial charge in [-0.1, -0.05) is 117 Å². The van der Waals surface area contributed by atoms with Gasteiger partial charge in [0.15, 0.2) is 0 Å². The van der Waals surface area contributed by atoms with Crippen molar-refractivity contribution in [2.75, 3.05) is 56.9 Å². The molecule has 0 aromatic heterocycles. The van der Waals surface area contributed by atoms with Crippen molar-refractivity contribution in [3.8, 4) is 0 Å². The van der Waals surface area contributed by atoms with E-state index < -0.39 is 0 Å². The normalized spacial score (nSPS) is 9.69. The lowest BCUT2D eigenvalue weighted by Crippen LogP contribution is -1.78. The Morgan fingerprint density at radius 3 is 1.27 bits per heavy atom. The van der Waals surface area contributed by atoms with Crippen LogP contribution >= 0.6 is 0 Å². The van der Waals surface area contributed by atoms with Crippen molar-refractivity contribution in [1.82, 2.24) is 0 Å².